The number of hydrogen-bond acceptors (Lipinski definition) is 3. The first-order valence-corrected chi connectivity index (χ1v) is 10.1. The summed E-state index contributed by atoms with van der Waals surface area (Å²) < 4.78 is 45.5. The van der Waals surface area contributed by atoms with E-state index in [0.29, 0.717) is 37.4 Å². The van der Waals surface area contributed by atoms with Crippen LogP contribution in [-0.2, 0) is 9.47 Å². The van der Waals surface area contributed by atoms with Crippen LogP contribution in [0.25, 0.3) is 0 Å². The lowest BCUT2D eigenvalue weighted by molar-refractivity contribution is -0.0769. The molecule has 1 heterocycles. The Morgan fingerprint density at radius 3 is 2.52 bits per heavy atom. The Morgan fingerprint density at radius 1 is 1.11 bits per heavy atom. The fourth-order valence-corrected chi connectivity index (χ4v) is 4.05. The van der Waals surface area contributed by atoms with Crippen molar-refractivity contribution in [2.75, 3.05) is 19.8 Å². The smallest absolute Gasteiger partial charge is 0.200 e. The molecule has 1 aliphatic heterocycles. The number of ether oxygens (including phenoxy) is 3. The second kappa shape index (κ2) is 9.65. The van der Waals surface area contributed by atoms with Gasteiger partial charge in [0.25, 0.3) is 0 Å². The summed E-state index contributed by atoms with van der Waals surface area (Å²) in [6.07, 6.45) is 8.38. The molecule has 0 radical (unpaired) electrons. The van der Waals surface area contributed by atoms with E-state index in [1.807, 2.05) is 6.08 Å². The first kappa shape index (κ1) is 20.3. The highest BCUT2D eigenvalue weighted by Gasteiger charge is 2.28. The van der Waals surface area contributed by atoms with E-state index >= 15 is 0 Å². The molecule has 27 heavy (non-hydrogen) atoms. The van der Waals surface area contributed by atoms with Crippen molar-refractivity contribution in [2.24, 2.45) is 5.92 Å². The SMILES string of the molecule is C=CC1CCC(OCC2CCC(c3ccc(OCC)c(F)c3F)CO2)CC1. The van der Waals surface area contributed by atoms with Gasteiger partial charge in [-0.25, -0.2) is 4.39 Å². The van der Waals surface area contributed by atoms with Crippen molar-refractivity contribution in [1.29, 1.82) is 0 Å². The van der Waals surface area contributed by atoms with Gasteiger partial charge in [-0.3, -0.25) is 0 Å². The molecule has 150 valence electrons. The molecular weight excluding hydrogens is 350 g/mol. The molecular formula is C22H30F2O3. The quantitative estimate of drug-likeness (QED) is 0.594. The van der Waals surface area contributed by atoms with E-state index in [4.69, 9.17) is 14.2 Å². The monoisotopic (exact) mass is 380 g/mol. The maximum Gasteiger partial charge on any atom is 0.200 e. The third-order valence-corrected chi connectivity index (χ3v) is 5.76. The van der Waals surface area contributed by atoms with E-state index in [0.717, 1.165) is 38.5 Å². The Kier molecular flexibility index (Phi) is 7.25. The van der Waals surface area contributed by atoms with Crippen molar-refractivity contribution >= 4 is 0 Å². The number of halogens is 2. The lowest BCUT2D eigenvalue weighted by Gasteiger charge is -2.32. The van der Waals surface area contributed by atoms with Crippen LogP contribution in [-0.4, -0.2) is 32.0 Å². The molecule has 1 aromatic carbocycles. The molecule has 0 N–H and O–H groups in total. The third kappa shape index (κ3) is 5.08. The molecule has 0 amide bonds. The molecule has 1 aromatic rings. The molecule has 0 aromatic heterocycles. The van der Waals surface area contributed by atoms with Crippen LogP contribution in [0, 0.1) is 17.6 Å². The van der Waals surface area contributed by atoms with E-state index in [-0.39, 0.29) is 17.8 Å². The van der Waals surface area contributed by atoms with Crippen LogP contribution in [0.1, 0.15) is 56.9 Å². The van der Waals surface area contributed by atoms with Crippen molar-refractivity contribution in [3.63, 3.8) is 0 Å². The summed E-state index contributed by atoms with van der Waals surface area (Å²) in [5.74, 6) is -1.26. The van der Waals surface area contributed by atoms with Crippen LogP contribution >= 0.6 is 0 Å². The van der Waals surface area contributed by atoms with Crippen LogP contribution in [0.3, 0.4) is 0 Å². The van der Waals surface area contributed by atoms with Gasteiger partial charge in [0.1, 0.15) is 0 Å². The van der Waals surface area contributed by atoms with E-state index in [2.05, 4.69) is 6.58 Å². The number of benzene rings is 1. The van der Waals surface area contributed by atoms with E-state index in [1.165, 1.54) is 6.07 Å². The lowest BCUT2D eigenvalue weighted by atomic mass is 9.87. The standard InChI is InChI=1S/C22H30F2O3/c1-3-15-5-8-17(9-6-15)27-14-18-10-7-16(13-26-18)19-11-12-20(25-4-2)22(24)21(19)23/h3,11-12,15-18H,1,4-10,13-14H2,2H3. The van der Waals surface area contributed by atoms with Gasteiger partial charge >= 0.3 is 0 Å². The Bertz CT molecular complexity index is 618. The average Bonchev–Trinajstić information content (AvgIpc) is 2.71. The van der Waals surface area contributed by atoms with Gasteiger partial charge in [-0.05, 0) is 63.0 Å². The van der Waals surface area contributed by atoms with Gasteiger partial charge in [0, 0.05) is 5.92 Å². The van der Waals surface area contributed by atoms with Gasteiger partial charge in [-0.1, -0.05) is 12.1 Å². The predicted octanol–water partition coefficient (Wildman–Crippen LogP) is 5.39. The highest BCUT2D eigenvalue weighted by Crippen LogP contribution is 2.34. The van der Waals surface area contributed by atoms with Crippen LogP contribution in [0.15, 0.2) is 24.8 Å². The largest absolute Gasteiger partial charge is 0.491 e. The zero-order valence-corrected chi connectivity index (χ0v) is 16.1. The van der Waals surface area contributed by atoms with Gasteiger partial charge in [0.15, 0.2) is 11.6 Å². The first-order chi connectivity index (χ1) is 13.1. The summed E-state index contributed by atoms with van der Waals surface area (Å²) in [5, 5.41) is 0. The maximum atomic E-state index is 14.4. The summed E-state index contributed by atoms with van der Waals surface area (Å²) in [6.45, 7) is 6.89. The fourth-order valence-electron chi connectivity index (χ4n) is 4.05. The van der Waals surface area contributed by atoms with Crippen molar-refractivity contribution in [2.45, 2.75) is 63.6 Å². The van der Waals surface area contributed by atoms with Gasteiger partial charge in [0.05, 0.1) is 32.0 Å². The summed E-state index contributed by atoms with van der Waals surface area (Å²) in [7, 11) is 0. The summed E-state index contributed by atoms with van der Waals surface area (Å²) in [6, 6.07) is 3.12. The predicted molar refractivity (Wildman–Crippen MR) is 101 cm³/mol. The molecule has 2 fully saturated rings. The Morgan fingerprint density at radius 2 is 1.89 bits per heavy atom. The minimum absolute atomic E-state index is 0.0343. The van der Waals surface area contributed by atoms with Gasteiger partial charge in [-0.15, -0.1) is 6.58 Å². The highest BCUT2D eigenvalue weighted by molar-refractivity contribution is 5.33. The van der Waals surface area contributed by atoms with Crippen LogP contribution in [0.5, 0.6) is 5.75 Å². The highest BCUT2D eigenvalue weighted by atomic mass is 19.2. The molecule has 2 unspecified atom stereocenters. The van der Waals surface area contributed by atoms with Crippen molar-refractivity contribution in [3.8, 4) is 5.75 Å². The summed E-state index contributed by atoms with van der Waals surface area (Å²) in [4.78, 5) is 0. The molecule has 1 saturated carbocycles. The molecule has 2 aliphatic rings. The van der Waals surface area contributed by atoms with E-state index in [9.17, 15) is 8.78 Å². The fraction of sp³-hybridized carbons (Fsp3) is 0.636. The van der Waals surface area contributed by atoms with Gasteiger partial charge < -0.3 is 14.2 Å². The number of hydrogen-bond donors (Lipinski definition) is 0. The molecule has 0 bridgehead atoms. The Hall–Kier alpha value is -1.46. The minimum Gasteiger partial charge on any atom is -0.491 e. The second-order valence-corrected chi connectivity index (χ2v) is 7.55. The zero-order valence-electron chi connectivity index (χ0n) is 16.1. The molecule has 3 rings (SSSR count). The zero-order chi connectivity index (χ0) is 19.2. The van der Waals surface area contributed by atoms with Crippen LogP contribution in [0.4, 0.5) is 8.78 Å². The molecule has 5 heteroatoms. The van der Waals surface area contributed by atoms with E-state index < -0.39 is 11.6 Å². The van der Waals surface area contributed by atoms with Gasteiger partial charge in [-0.2, -0.15) is 4.39 Å². The normalized spacial score (nSPS) is 28.7. The maximum absolute atomic E-state index is 14.4. The summed E-state index contributed by atoms with van der Waals surface area (Å²) in [5.41, 5.74) is 0.373. The van der Waals surface area contributed by atoms with Crippen LogP contribution < -0.4 is 4.74 Å². The second-order valence-electron chi connectivity index (χ2n) is 7.55. The Balaban J connectivity index is 1.46. The van der Waals surface area contributed by atoms with E-state index in [1.54, 1.807) is 13.0 Å². The number of rotatable bonds is 7. The third-order valence-electron chi connectivity index (χ3n) is 5.76. The Labute approximate surface area is 160 Å². The van der Waals surface area contributed by atoms with Crippen molar-refractivity contribution in [1.82, 2.24) is 0 Å². The number of allylic oxidation sites excluding steroid dienone is 1. The first-order valence-electron chi connectivity index (χ1n) is 10.1. The topological polar surface area (TPSA) is 27.7 Å². The molecule has 2 atom stereocenters. The van der Waals surface area contributed by atoms with Crippen LogP contribution in [0.2, 0.25) is 0 Å². The molecule has 1 aliphatic carbocycles. The lowest BCUT2D eigenvalue weighted by Crippen LogP contribution is -2.32. The average molecular weight is 380 g/mol. The molecule has 0 spiro atoms. The van der Waals surface area contributed by atoms with Crippen molar-refractivity contribution < 1.29 is 23.0 Å². The van der Waals surface area contributed by atoms with Crippen molar-refractivity contribution in [3.05, 3.63) is 42.0 Å². The molecule has 1 saturated heterocycles. The minimum atomic E-state index is -0.907. The summed E-state index contributed by atoms with van der Waals surface area (Å²) >= 11 is 0. The molecule has 3 nitrogen and oxygen atoms in total. The van der Waals surface area contributed by atoms with Gasteiger partial charge in [0.2, 0.25) is 5.82 Å².